The molecule has 0 saturated heterocycles. The number of ketones is 1. The monoisotopic (exact) mass is 316 g/mol. The van der Waals surface area contributed by atoms with Crippen LogP contribution >= 0.6 is 15.9 Å². The van der Waals surface area contributed by atoms with E-state index in [4.69, 9.17) is 4.74 Å². The van der Waals surface area contributed by atoms with Gasteiger partial charge < -0.3 is 4.74 Å². The minimum atomic E-state index is 0.102. The average molecular weight is 317 g/mol. The maximum atomic E-state index is 12.4. The fraction of sp³-hybridized carbons (Fsp3) is 0.188. The van der Waals surface area contributed by atoms with Crippen molar-refractivity contribution < 1.29 is 9.53 Å². The average Bonchev–Trinajstić information content (AvgIpc) is 2.89. The van der Waals surface area contributed by atoms with E-state index >= 15 is 0 Å². The summed E-state index contributed by atoms with van der Waals surface area (Å²) in [4.78, 5) is 12.4. The van der Waals surface area contributed by atoms with Gasteiger partial charge in [0.1, 0.15) is 5.75 Å². The highest BCUT2D eigenvalue weighted by Gasteiger charge is 2.20. The van der Waals surface area contributed by atoms with E-state index in [1.165, 1.54) is 0 Å². The minimum absolute atomic E-state index is 0.102. The first-order chi connectivity index (χ1) is 9.25. The SMILES string of the molecule is O=C(Cc1ccccc1Br)c1cccc2c1OCC2. The maximum absolute atomic E-state index is 12.4. The van der Waals surface area contributed by atoms with Crippen molar-refractivity contribution in [3.05, 3.63) is 63.6 Å². The fourth-order valence-electron chi connectivity index (χ4n) is 2.34. The summed E-state index contributed by atoms with van der Waals surface area (Å²) in [5.74, 6) is 0.880. The van der Waals surface area contributed by atoms with Crippen LogP contribution in [0.5, 0.6) is 5.75 Å². The number of Topliss-reactive ketones (excluding diaryl/α,β-unsaturated/α-hetero) is 1. The Morgan fingerprint density at radius 2 is 2.00 bits per heavy atom. The van der Waals surface area contributed by atoms with E-state index < -0.39 is 0 Å². The van der Waals surface area contributed by atoms with Crippen molar-refractivity contribution in [1.82, 2.24) is 0 Å². The van der Waals surface area contributed by atoms with Gasteiger partial charge in [-0.15, -0.1) is 0 Å². The number of hydrogen-bond acceptors (Lipinski definition) is 2. The van der Waals surface area contributed by atoms with Gasteiger partial charge in [0.2, 0.25) is 0 Å². The van der Waals surface area contributed by atoms with Gasteiger partial charge in [0.05, 0.1) is 12.2 Å². The van der Waals surface area contributed by atoms with Crippen molar-refractivity contribution in [2.45, 2.75) is 12.8 Å². The van der Waals surface area contributed by atoms with Crippen LogP contribution < -0.4 is 4.74 Å². The summed E-state index contributed by atoms with van der Waals surface area (Å²) < 4.78 is 6.56. The molecule has 0 spiro atoms. The van der Waals surface area contributed by atoms with E-state index in [1.54, 1.807) is 0 Å². The number of hydrogen-bond donors (Lipinski definition) is 0. The highest BCUT2D eigenvalue weighted by atomic mass is 79.9. The highest BCUT2D eigenvalue weighted by molar-refractivity contribution is 9.10. The third kappa shape index (κ3) is 2.43. The van der Waals surface area contributed by atoms with Gasteiger partial charge in [-0.3, -0.25) is 4.79 Å². The molecular formula is C16H13BrO2. The molecule has 0 fully saturated rings. The molecule has 0 aliphatic carbocycles. The minimum Gasteiger partial charge on any atom is -0.492 e. The Balaban J connectivity index is 1.90. The smallest absolute Gasteiger partial charge is 0.171 e. The molecule has 0 saturated carbocycles. The summed E-state index contributed by atoms with van der Waals surface area (Å²) in [6, 6.07) is 13.6. The Kier molecular flexibility index (Phi) is 3.38. The lowest BCUT2D eigenvalue weighted by Crippen LogP contribution is -2.06. The number of rotatable bonds is 3. The lowest BCUT2D eigenvalue weighted by Gasteiger charge is -2.08. The number of benzene rings is 2. The lowest BCUT2D eigenvalue weighted by molar-refractivity contribution is 0.0989. The van der Waals surface area contributed by atoms with Crippen LogP contribution in [-0.2, 0) is 12.8 Å². The summed E-state index contributed by atoms with van der Waals surface area (Å²) in [6.45, 7) is 0.675. The number of carbonyl (C=O) groups is 1. The summed E-state index contributed by atoms with van der Waals surface area (Å²) >= 11 is 3.48. The molecule has 2 aromatic carbocycles. The van der Waals surface area contributed by atoms with Crippen LogP contribution in [0.15, 0.2) is 46.9 Å². The fourth-order valence-corrected chi connectivity index (χ4v) is 2.77. The molecule has 3 heteroatoms. The molecule has 0 aromatic heterocycles. The van der Waals surface area contributed by atoms with Gasteiger partial charge in [-0.25, -0.2) is 0 Å². The largest absolute Gasteiger partial charge is 0.492 e. The third-order valence-electron chi connectivity index (χ3n) is 3.32. The summed E-state index contributed by atoms with van der Waals surface area (Å²) in [7, 11) is 0. The normalized spacial score (nSPS) is 12.9. The van der Waals surface area contributed by atoms with Crippen molar-refractivity contribution in [3.8, 4) is 5.75 Å². The Labute approximate surface area is 120 Å². The molecule has 19 heavy (non-hydrogen) atoms. The third-order valence-corrected chi connectivity index (χ3v) is 4.10. The first-order valence-electron chi connectivity index (χ1n) is 6.27. The predicted molar refractivity (Wildman–Crippen MR) is 77.8 cm³/mol. The molecule has 0 bridgehead atoms. The zero-order valence-electron chi connectivity index (χ0n) is 10.4. The Bertz CT molecular complexity index is 634. The first kappa shape index (κ1) is 12.4. The standard InChI is InChI=1S/C16H13BrO2/c17-14-7-2-1-4-12(14)10-15(18)13-6-3-5-11-8-9-19-16(11)13/h1-7H,8-10H2. The molecule has 2 aromatic rings. The molecule has 0 radical (unpaired) electrons. The van der Waals surface area contributed by atoms with Crippen LogP contribution in [0.4, 0.5) is 0 Å². The molecular weight excluding hydrogens is 304 g/mol. The summed E-state index contributed by atoms with van der Waals surface area (Å²) in [6.07, 6.45) is 1.28. The molecule has 1 heterocycles. The number of ether oxygens (including phenoxy) is 1. The van der Waals surface area contributed by atoms with E-state index in [2.05, 4.69) is 15.9 Å². The second kappa shape index (κ2) is 5.17. The van der Waals surface area contributed by atoms with Crippen LogP contribution in [0.25, 0.3) is 0 Å². The van der Waals surface area contributed by atoms with Crippen LogP contribution in [0, 0.1) is 0 Å². The Hall–Kier alpha value is -1.61. The van der Waals surface area contributed by atoms with Crippen LogP contribution in [0.1, 0.15) is 21.5 Å². The maximum Gasteiger partial charge on any atom is 0.171 e. The first-order valence-corrected chi connectivity index (χ1v) is 7.06. The van der Waals surface area contributed by atoms with Crippen molar-refractivity contribution >= 4 is 21.7 Å². The van der Waals surface area contributed by atoms with Gasteiger partial charge in [0.15, 0.2) is 5.78 Å². The highest BCUT2D eigenvalue weighted by Crippen LogP contribution is 2.30. The van der Waals surface area contributed by atoms with E-state index in [0.29, 0.717) is 18.6 Å². The van der Waals surface area contributed by atoms with Crippen LogP contribution in [0.3, 0.4) is 0 Å². The van der Waals surface area contributed by atoms with Gasteiger partial charge in [-0.05, 0) is 23.3 Å². The molecule has 0 amide bonds. The zero-order chi connectivity index (χ0) is 13.2. The molecule has 0 atom stereocenters. The van der Waals surface area contributed by atoms with Crippen molar-refractivity contribution in [1.29, 1.82) is 0 Å². The molecule has 1 aliphatic rings. The number of fused-ring (bicyclic) bond motifs is 1. The van der Waals surface area contributed by atoms with E-state index in [0.717, 1.165) is 27.8 Å². The van der Waals surface area contributed by atoms with Crippen molar-refractivity contribution in [2.75, 3.05) is 6.61 Å². The van der Waals surface area contributed by atoms with Crippen LogP contribution in [-0.4, -0.2) is 12.4 Å². The molecule has 0 N–H and O–H groups in total. The summed E-state index contributed by atoms with van der Waals surface area (Å²) in [5.41, 5.74) is 2.84. The molecule has 2 nitrogen and oxygen atoms in total. The van der Waals surface area contributed by atoms with Gasteiger partial charge >= 0.3 is 0 Å². The molecule has 1 aliphatic heterocycles. The number of para-hydroxylation sites is 1. The molecule has 0 unspecified atom stereocenters. The number of carbonyl (C=O) groups excluding carboxylic acids is 1. The quantitative estimate of drug-likeness (QED) is 0.805. The van der Waals surface area contributed by atoms with E-state index in [1.807, 2.05) is 42.5 Å². The predicted octanol–water partition coefficient (Wildman–Crippen LogP) is 3.81. The summed E-state index contributed by atoms with van der Waals surface area (Å²) in [5, 5.41) is 0. The topological polar surface area (TPSA) is 26.3 Å². The van der Waals surface area contributed by atoms with E-state index in [-0.39, 0.29) is 5.78 Å². The van der Waals surface area contributed by atoms with Crippen molar-refractivity contribution in [3.63, 3.8) is 0 Å². The zero-order valence-corrected chi connectivity index (χ0v) is 11.9. The Morgan fingerprint density at radius 3 is 2.84 bits per heavy atom. The van der Waals surface area contributed by atoms with Crippen molar-refractivity contribution in [2.24, 2.45) is 0 Å². The second-order valence-electron chi connectivity index (χ2n) is 4.58. The van der Waals surface area contributed by atoms with Crippen LogP contribution in [0.2, 0.25) is 0 Å². The molecule has 3 rings (SSSR count). The molecule has 96 valence electrons. The Morgan fingerprint density at radius 1 is 1.16 bits per heavy atom. The van der Waals surface area contributed by atoms with Gasteiger partial charge in [-0.2, -0.15) is 0 Å². The van der Waals surface area contributed by atoms with Gasteiger partial charge in [-0.1, -0.05) is 46.3 Å². The second-order valence-corrected chi connectivity index (χ2v) is 5.44. The number of halogens is 1. The van der Waals surface area contributed by atoms with Gasteiger partial charge in [0.25, 0.3) is 0 Å². The van der Waals surface area contributed by atoms with Gasteiger partial charge in [0, 0.05) is 17.3 Å². The lowest BCUT2D eigenvalue weighted by atomic mass is 10.00. The van der Waals surface area contributed by atoms with E-state index in [9.17, 15) is 4.79 Å².